The van der Waals surface area contributed by atoms with Crippen molar-refractivity contribution in [2.24, 2.45) is 0 Å². The molecule has 3 aromatic carbocycles. The molecule has 0 unspecified atom stereocenters. The molecule has 0 aliphatic heterocycles. The van der Waals surface area contributed by atoms with Gasteiger partial charge in [-0.3, -0.25) is 9.59 Å². The summed E-state index contributed by atoms with van der Waals surface area (Å²) in [5.41, 5.74) is 3.31. The van der Waals surface area contributed by atoms with Gasteiger partial charge in [-0.05, 0) is 60.5 Å². The lowest BCUT2D eigenvalue weighted by atomic mass is 10.1. The van der Waals surface area contributed by atoms with Gasteiger partial charge in [-0.1, -0.05) is 30.3 Å². The first-order valence-electron chi connectivity index (χ1n) is 9.68. The van der Waals surface area contributed by atoms with Crippen molar-refractivity contribution in [1.29, 1.82) is 0 Å². The second-order valence-corrected chi connectivity index (χ2v) is 6.81. The molecule has 0 radical (unpaired) electrons. The first-order chi connectivity index (χ1) is 15.0. The summed E-state index contributed by atoms with van der Waals surface area (Å²) >= 11 is 0. The Bertz CT molecular complexity index is 1120. The van der Waals surface area contributed by atoms with Gasteiger partial charge in [-0.2, -0.15) is 0 Å². The fourth-order valence-electron chi connectivity index (χ4n) is 3.01. The maximum absolute atomic E-state index is 12.7. The van der Waals surface area contributed by atoms with Crippen LogP contribution in [0.15, 0.2) is 72.8 Å². The molecule has 3 aromatic rings. The largest absolute Gasteiger partial charge is 0.493 e. The summed E-state index contributed by atoms with van der Waals surface area (Å²) in [6.45, 7) is 1.95. The molecule has 6 nitrogen and oxygen atoms in total. The van der Waals surface area contributed by atoms with Crippen LogP contribution in [0.3, 0.4) is 0 Å². The van der Waals surface area contributed by atoms with E-state index >= 15 is 0 Å². The SMILES string of the molecule is COc1ccc(/C=C/C(=O)Nc2ccccc2C(=O)Nc2cccc(C)c2)cc1OC. The van der Waals surface area contributed by atoms with E-state index in [0.29, 0.717) is 28.4 Å². The zero-order valence-corrected chi connectivity index (χ0v) is 17.6. The Hall–Kier alpha value is -4.06. The van der Waals surface area contributed by atoms with Crippen LogP contribution in [0.2, 0.25) is 0 Å². The first kappa shape index (κ1) is 21.6. The Kier molecular flexibility index (Phi) is 7.06. The van der Waals surface area contributed by atoms with Crippen molar-refractivity contribution in [1.82, 2.24) is 0 Å². The minimum atomic E-state index is -0.356. The molecule has 0 atom stereocenters. The minimum absolute atomic E-state index is 0.301. The van der Waals surface area contributed by atoms with E-state index < -0.39 is 0 Å². The molecule has 0 aromatic heterocycles. The third kappa shape index (κ3) is 5.73. The number of carbonyl (C=O) groups excluding carboxylic acids is 2. The lowest BCUT2D eigenvalue weighted by Gasteiger charge is -2.11. The minimum Gasteiger partial charge on any atom is -0.493 e. The lowest BCUT2D eigenvalue weighted by Crippen LogP contribution is -2.17. The van der Waals surface area contributed by atoms with E-state index in [2.05, 4.69) is 10.6 Å². The number of anilines is 2. The molecule has 0 bridgehead atoms. The Balaban J connectivity index is 1.72. The van der Waals surface area contributed by atoms with E-state index in [-0.39, 0.29) is 11.8 Å². The standard InChI is InChI=1S/C25H24N2O4/c1-17-7-6-8-19(15-17)26-25(29)20-9-4-5-10-21(20)27-24(28)14-12-18-11-13-22(30-2)23(16-18)31-3/h4-16H,1-3H3,(H,26,29)(H,27,28)/b14-12+. The van der Waals surface area contributed by atoms with Gasteiger partial charge in [0.05, 0.1) is 25.5 Å². The number of aryl methyl sites for hydroxylation is 1. The quantitative estimate of drug-likeness (QED) is 0.536. The van der Waals surface area contributed by atoms with Crippen molar-refractivity contribution in [2.75, 3.05) is 24.9 Å². The van der Waals surface area contributed by atoms with E-state index in [0.717, 1.165) is 11.1 Å². The fourth-order valence-corrected chi connectivity index (χ4v) is 3.01. The van der Waals surface area contributed by atoms with Crippen molar-refractivity contribution in [3.8, 4) is 11.5 Å². The third-order valence-electron chi connectivity index (χ3n) is 4.54. The lowest BCUT2D eigenvalue weighted by molar-refractivity contribution is -0.111. The number of methoxy groups -OCH3 is 2. The molecule has 158 valence electrons. The number of para-hydroxylation sites is 1. The zero-order chi connectivity index (χ0) is 22.2. The maximum Gasteiger partial charge on any atom is 0.257 e. The van der Waals surface area contributed by atoms with E-state index in [1.807, 2.05) is 37.3 Å². The predicted octanol–water partition coefficient (Wildman–Crippen LogP) is 4.92. The Morgan fingerprint density at radius 2 is 1.61 bits per heavy atom. The van der Waals surface area contributed by atoms with E-state index in [1.54, 1.807) is 56.7 Å². The molecule has 0 spiro atoms. The van der Waals surface area contributed by atoms with Crippen LogP contribution in [0.1, 0.15) is 21.5 Å². The summed E-state index contributed by atoms with van der Waals surface area (Å²) in [6, 6.07) is 19.7. The molecule has 0 saturated carbocycles. The number of rotatable bonds is 7. The topological polar surface area (TPSA) is 76.7 Å². The second-order valence-electron chi connectivity index (χ2n) is 6.81. The second kappa shape index (κ2) is 10.1. The number of carbonyl (C=O) groups is 2. The average Bonchev–Trinajstić information content (AvgIpc) is 2.77. The number of hydrogen-bond donors (Lipinski definition) is 2. The van der Waals surface area contributed by atoms with Gasteiger partial charge in [-0.25, -0.2) is 0 Å². The van der Waals surface area contributed by atoms with Crippen LogP contribution in [-0.2, 0) is 4.79 Å². The number of hydrogen-bond acceptors (Lipinski definition) is 4. The number of ether oxygens (including phenoxy) is 2. The highest BCUT2D eigenvalue weighted by atomic mass is 16.5. The van der Waals surface area contributed by atoms with E-state index in [9.17, 15) is 9.59 Å². The highest BCUT2D eigenvalue weighted by Crippen LogP contribution is 2.28. The van der Waals surface area contributed by atoms with Crippen LogP contribution in [0.4, 0.5) is 11.4 Å². The molecule has 0 aliphatic rings. The average molecular weight is 416 g/mol. The summed E-state index contributed by atoms with van der Waals surface area (Å²) in [5, 5.41) is 5.63. The summed E-state index contributed by atoms with van der Waals surface area (Å²) in [5.74, 6) is 0.525. The highest BCUT2D eigenvalue weighted by Gasteiger charge is 2.13. The molecule has 0 aliphatic carbocycles. The summed E-state index contributed by atoms with van der Waals surface area (Å²) < 4.78 is 10.5. The van der Waals surface area contributed by atoms with Crippen LogP contribution in [-0.4, -0.2) is 26.0 Å². The smallest absolute Gasteiger partial charge is 0.257 e. The first-order valence-corrected chi connectivity index (χ1v) is 9.68. The van der Waals surface area contributed by atoms with Gasteiger partial charge >= 0.3 is 0 Å². The molecule has 6 heteroatoms. The van der Waals surface area contributed by atoms with Gasteiger partial charge in [-0.15, -0.1) is 0 Å². The Morgan fingerprint density at radius 3 is 2.35 bits per heavy atom. The Labute approximate surface area is 181 Å². The van der Waals surface area contributed by atoms with Gasteiger partial charge in [0, 0.05) is 11.8 Å². The van der Waals surface area contributed by atoms with Gasteiger partial charge < -0.3 is 20.1 Å². The summed E-state index contributed by atoms with van der Waals surface area (Å²) in [4.78, 5) is 25.2. The molecule has 2 N–H and O–H groups in total. The molecular weight excluding hydrogens is 392 g/mol. The molecule has 2 amide bonds. The predicted molar refractivity (Wildman–Crippen MR) is 123 cm³/mol. The molecule has 3 rings (SSSR count). The molecule has 0 heterocycles. The van der Waals surface area contributed by atoms with Gasteiger partial charge in [0.15, 0.2) is 11.5 Å². The Morgan fingerprint density at radius 1 is 0.839 bits per heavy atom. The van der Waals surface area contributed by atoms with Crippen molar-refractivity contribution in [3.05, 3.63) is 89.5 Å². The molecule has 0 saturated heterocycles. The molecular formula is C25H24N2O4. The summed E-state index contributed by atoms with van der Waals surface area (Å²) in [6.07, 6.45) is 3.06. The van der Waals surface area contributed by atoms with Crippen LogP contribution in [0, 0.1) is 6.92 Å². The third-order valence-corrected chi connectivity index (χ3v) is 4.54. The summed E-state index contributed by atoms with van der Waals surface area (Å²) in [7, 11) is 3.12. The number of amides is 2. The molecule has 0 fully saturated rings. The van der Waals surface area contributed by atoms with Crippen molar-refractivity contribution in [3.63, 3.8) is 0 Å². The van der Waals surface area contributed by atoms with E-state index in [1.165, 1.54) is 6.08 Å². The number of benzene rings is 3. The molecule has 31 heavy (non-hydrogen) atoms. The monoisotopic (exact) mass is 416 g/mol. The van der Waals surface area contributed by atoms with Gasteiger partial charge in [0.2, 0.25) is 5.91 Å². The van der Waals surface area contributed by atoms with E-state index in [4.69, 9.17) is 9.47 Å². The van der Waals surface area contributed by atoms with Crippen LogP contribution in [0.25, 0.3) is 6.08 Å². The number of nitrogens with one attached hydrogen (secondary N) is 2. The fraction of sp³-hybridized carbons (Fsp3) is 0.120. The normalized spacial score (nSPS) is 10.5. The van der Waals surface area contributed by atoms with Crippen molar-refractivity contribution < 1.29 is 19.1 Å². The van der Waals surface area contributed by atoms with Crippen LogP contribution in [0.5, 0.6) is 11.5 Å². The zero-order valence-electron chi connectivity index (χ0n) is 17.6. The van der Waals surface area contributed by atoms with Crippen LogP contribution >= 0.6 is 0 Å². The van der Waals surface area contributed by atoms with Gasteiger partial charge in [0.1, 0.15) is 0 Å². The highest BCUT2D eigenvalue weighted by molar-refractivity contribution is 6.11. The van der Waals surface area contributed by atoms with Crippen molar-refractivity contribution in [2.45, 2.75) is 6.92 Å². The van der Waals surface area contributed by atoms with Gasteiger partial charge in [0.25, 0.3) is 5.91 Å². The van der Waals surface area contributed by atoms with Crippen molar-refractivity contribution >= 4 is 29.3 Å². The maximum atomic E-state index is 12.7. The van der Waals surface area contributed by atoms with Crippen LogP contribution < -0.4 is 20.1 Å².